The molecule has 3 aromatic rings. The van der Waals surface area contributed by atoms with Gasteiger partial charge in [-0.15, -0.1) is 0 Å². The number of aromatic nitrogens is 4. The van der Waals surface area contributed by atoms with Crippen LogP contribution in [0.25, 0.3) is 0 Å². The van der Waals surface area contributed by atoms with Crippen molar-refractivity contribution in [3.05, 3.63) is 65.2 Å². The highest BCUT2D eigenvalue weighted by Crippen LogP contribution is 2.50. The summed E-state index contributed by atoms with van der Waals surface area (Å²) in [4.78, 5) is 28.2. The molecule has 1 N–H and O–H groups in total. The van der Waals surface area contributed by atoms with Crippen LogP contribution in [0.15, 0.2) is 42.7 Å². The molecule has 1 fully saturated rings. The van der Waals surface area contributed by atoms with Gasteiger partial charge in [0.05, 0.1) is 23.6 Å². The molecule has 2 aliphatic rings. The standard InChI is InChI=1S/C26H32N7OSi2/c1-17-12-20-13-27-25(28-22-15-32(4)30-18(22)2)29-23(20)16-33(17)24(34)26(36-35)10-11-31(3)14-21(26)19-8-6-5-7-9-19/h5-9,13,15,17,21H,10-12,14,16H2,1-4H3,(H,27,28,29)/t17-,21-,26+/m1/s1. The van der Waals surface area contributed by atoms with Gasteiger partial charge in [-0.25, -0.2) is 9.97 Å². The van der Waals surface area contributed by atoms with Crippen molar-refractivity contribution in [2.75, 3.05) is 25.5 Å². The Balaban J connectivity index is 1.44. The van der Waals surface area contributed by atoms with Gasteiger partial charge in [-0.2, -0.15) is 5.10 Å². The van der Waals surface area contributed by atoms with Gasteiger partial charge in [-0.1, -0.05) is 30.3 Å². The molecule has 185 valence electrons. The summed E-state index contributed by atoms with van der Waals surface area (Å²) in [6.07, 6.45) is 5.40. The van der Waals surface area contributed by atoms with Gasteiger partial charge in [0.1, 0.15) is 0 Å². The number of piperidine rings is 1. The average Bonchev–Trinajstić information content (AvgIpc) is 3.20. The molecule has 5 rings (SSSR count). The van der Waals surface area contributed by atoms with E-state index < -0.39 is 5.04 Å². The number of likely N-dealkylation sites (tertiary alicyclic amines) is 1. The zero-order valence-electron chi connectivity index (χ0n) is 21.3. The van der Waals surface area contributed by atoms with E-state index in [9.17, 15) is 4.79 Å². The zero-order valence-corrected chi connectivity index (χ0v) is 23.3. The summed E-state index contributed by atoms with van der Waals surface area (Å²) in [7, 11) is 8.25. The number of hydrogen-bond acceptors (Lipinski definition) is 6. The predicted octanol–water partition coefficient (Wildman–Crippen LogP) is 2.60. The lowest BCUT2D eigenvalue weighted by molar-refractivity contribution is -0.140. The van der Waals surface area contributed by atoms with Gasteiger partial charge in [-0.05, 0) is 51.4 Å². The van der Waals surface area contributed by atoms with Crippen LogP contribution in [0.1, 0.15) is 41.8 Å². The first-order valence-electron chi connectivity index (χ1n) is 12.4. The fraction of sp³-hybridized carbons (Fsp3) is 0.462. The van der Waals surface area contributed by atoms with E-state index in [0.717, 1.165) is 48.6 Å². The van der Waals surface area contributed by atoms with E-state index in [1.165, 1.54) is 5.56 Å². The van der Waals surface area contributed by atoms with Gasteiger partial charge in [0.25, 0.3) is 0 Å². The molecule has 3 atom stereocenters. The molecule has 36 heavy (non-hydrogen) atoms. The number of hydrogen-bond donors (Lipinski definition) is 1. The Morgan fingerprint density at radius 3 is 2.72 bits per heavy atom. The van der Waals surface area contributed by atoms with Crippen LogP contribution in [0.3, 0.4) is 0 Å². The van der Waals surface area contributed by atoms with Crippen molar-refractivity contribution in [1.82, 2.24) is 29.5 Å². The maximum Gasteiger partial charge on any atom is 0.227 e. The Morgan fingerprint density at radius 2 is 2.03 bits per heavy atom. The molecule has 1 saturated heterocycles. The second kappa shape index (κ2) is 9.91. The minimum atomic E-state index is -0.475. The Hall–Kier alpha value is -2.83. The maximum atomic E-state index is 14.5. The number of amides is 1. The molecule has 4 heterocycles. The smallest absolute Gasteiger partial charge is 0.227 e. The number of aryl methyl sites for hydroxylation is 2. The van der Waals surface area contributed by atoms with Gasteiger partial charge in [-0.3, -0.25) is 9.48 Å². The maximum absolute atomic E-state index is 14.5. The van der Waals surface area contributed by atoms with Crippen molar-refractivity contribution >= 4 is 36.3 Å². The summed E-state index contributed by atoms with van der Waals surface area (Å²) in [5.41, 5.74) is 5.02. The predicted molar refractivity (Wildman–Crippen MR) is 142 cm³/mol. The molecule has 8 nitrogen and oxygen atoms in total. The molecule has 0 unspecified atom stereocenters. The number of nitrogens with one attached hydrogen (secondary N) is 1. The Morgan fingerprint density at radius 1 is 1.25 bits per heavy atom. The average molecular weight is 515 g/mol. The van der Waals surface area contributed by atoms with E-state index in [4.69, 9.17) is 4.98 Å². The van der Waals surface area contributed by atoms with Crippen molar-refractivity contribution in [2.24, 2.45) is 7.05 Å². The molecule has 5 radical (unpaired) electrons. The van der Waals surface area contributed by atoms with Crippen molar-refractivity contribution in [3.63, 3.8) is 0 Å². The van der Waals surface area contributed by atoms with Gasteiger partial charge < -0.3 is 15.1 Å². The SMILES string of the molecule is Cc1nn(C)cc1Nc1ncc2c(n1)CN(C(=O)[C@]1([Si][Si])CCN(C)C[C@@H]1c1ccccc1)[C@H](C)C2. The van der Waals surface area contributed by atoms with Crippen LogP contribution in [0.4, 0.5) is 11.6 Å². The normalized spacial score (nSPS) is 24.4. The second-order valence-corrected chi connectivity index (χ2v) is 12.0. The third-order valence-electron chi connectivity index (χ3n) is 7.63. The molecule has 0 spiro atoms. The van der Waals surface area contributed by atoms with E-state index in [0.29, 0.717) is 21.5 Å². The number of nitrogens with zero attached hydrogens (tertiary/aromatic N) is 6. The number of anilines is 2. The molecule has 0 saturated carbocycles. The summed E-state index contributed by atoms with van der Waals surface area (Å²) in [6.45, 7) is 6.37. The summed E-state index contributed by atoms with van der Waals surface area (Å²) >= 11 is 0. The second-order valence-electron chi connectivity index (χ2n) is 10.2. The summed E-state index contributed by atoms with van der Waals surface area (Å²) in [6, 6.07) is 10.6. The monoisotopic (exact) mass is 514 g/mol. The van der Waals surface area contributed by atoms with Crippen LogP contribution < -0.4 is 5.32 Å². The van der Waals surface area contributed by atoms with E-state index in [1.54, 1.807) is 4.68 Å². The van der Waals surface area contributed by atoms with E-state index >= 15 is 0 Å². The number of likely N-dealkylation sites (N-methyl/N-ethyl adjacent to an activating group) is 1. The summed E-state index contributed by atoms with van der Waals surface area (Å²) in [5.74, 6) is 0.891. The van der Waals surface area contributed by atoms with Crippen molar-refractivity contribution < 1.29 is 4.79 Å². The first-order chi connectivity index (χ1) is 17.3. The molecule has 1 aromatic carbocycles. The van der Waals surface area contributed by atoms with Gasteiger partial charge in [0.2, 0.25) is 11.9 Å². The van der Waals surface area contributed by atoms with Gasteiger partial charge in [0.15, 0.2) is 0 Å². The first-order valence-corrected chi connectivity index (χ1v) is 14.9. The van der Waals surface area contributed by atoms with Crippen LogP contribution in [-0.4, -0.2) is 80.4 Å². The minimum absolute atomic E-state index is 0.0870. The van der Waals surface area contributed by atoms with E-state index in [1.807, 2.05) is 32.4 Å². The lowest BCUT2D eigenvalue weighted by Crippen LogP contribution is -2.55. The Labute approximate surface area is 218 Å². The molecular formula is C26H32N7OSi2. The van der Waals surface area contributed by atoms with Gasteiger partial charge in [0, 0.05) is 61.8 Å². The van der Waals surface area contributed by atoms with E-state index in [2.05, 4.69) is 73.2 Å². The van der Waals surface area contributed by atoms with Crippen LogP contribution in [0.5, 0.6) is 0 Å². The molecule has 10 heteroatoms. The highest BCUT2D eigenvalue weighted by molar-refractivity contribution is 6.93. The Bertz CT molecular complexity index is 1250. The minimum Gasteiger partial charge on any atom is -0.334 e. The number of rotatable bonds is 5. The zero-order chi connectivity index (χ0) is 25.4. The van der Waals surface area contributed by atoms with E-state index in [-0.39, 0.29) is 17.9 Å². The van der Waals surface area contributed by atoms with Crippen molar-refractivity contribution in [2.45, 2.75) is 50.2 Å². The highest BCUT2D eigenvalue weighted by Gasteiger charge is 2.50. The molecular weight excluding hydrogens is 483 g/mol. The number of carbonyl (C=O) groups excluding carboxylic acids is 1. The third-order valence-corrected chi connectivity index (χ3v) is 10.2. The molecule has 0 aliphatic carbocycles. The van der Waals surface area contributed by atoms with Gasteiger partial charge >= 0.3 is 0 Å². The molecule has 1 amide bonds. The lowest BCUT2D eigenvalue weighted by atomic mass is 9.78. The number of fused-ring (bicyclic) bond motifs is 1. The number of carbonyl (C=O) groups is 1. The van der Waals surface area contributed by atoms with Crippen molar-refractivity contribution in [3.8, 4) is 0 Å². The lowest BCUT2D eigenvalue weighted by Gasteiger charge is -2.49. The number of benzene rings is 1. The first kappa shape index (κ1) is 24.8. The quantitative estimate of drug-likeness (QED) is 0.528. The third kappa shape index (κ3) is 4.53. The van der Waals surface area contributed by atoms with Crippen molar-refractivity contribution in [1.29, 1.82) is 0 Å². The molecule has 0 bridgehead atoms. The fourth-order valence-corrected chi connectivity index (χ4v) is 7.70. The summed E-state index contributed by atoms with van der Waals surface area (Å²) < 4.78 is 1.77. The summed E-state index contributed by atoms with van der Waals surface area (Å²) in [5, 5.41) is 7.20. The van der Waals surface area contributed by atoms with Crippen LogP contribution >= 0.6 is 0 Å². The van der Waals surface area contributed by atoms with Crippen LogP contribution in [-0.2, 0) is 24.8 Å². The largest absolute Gasteiger partial charge is 0.334 e. The highest BCUT2D eigenvalue weighted by atomic mass is 29.1. The molecule has 2 aliphatic heterocycles. The Kier molecular flexibility index (Phi) is 6.84. The molecule has 2 aromatic heterocycles. The van der Waals surface area contributed by atoms with Crippen LogP contribution in [0.2, 0.25) is 5.04 Å². The fourth-order valence-electron chi connectivity index (χ4n) is 5.56. The topological polar surface area (TPSA) is 79.2 Å². The van der Waals surface area contributed by atoms with Crippen LogP contribution in [0, 0.1) is 6.92 Å².